The molecule has 9 heteroatoms. The van der Waals surface area contributed by atoms with E-state index in [4.69, 9.17) is 9.72 Å². The summed E-state index contributed by atoms with van der Waals surface area (Å²) in [5.41, 5.74) is 3.79. The van der Waals surface area contributed by atoms with Crippen molar-refractivity contribution in [3.8, 4) is 11.4 Å². The lowest BCUT2D eigenvalue weighted by Crippen LogP contribution is -2.36. The van der Waals surface area contributed by atoms with Crippen LogP contribution in [0, 0.1) is 6.92 Å². The first kappa shape index (κ1) is 22.4. The topological polar surface area (TPSA) is 86.0 Å². The zero-order valence-corrected chi connectivity index (χ0v) is 19.8. The number of likely N-dealkylation sites (tertiary alicyclic amines) is 1. The van der Waals surface area contributed by atoms with Gasteiger partial charge in [-0.05, 0) is 67.5 Å². The molecule has 1 fully saturated rings. The molecule has 0 saturated carbocycles. The highest BCUT2D eigenvalue weighted by molar-refractivity contribution is 7.09. The summed E-state index contributed by atoms with van der Waals surface area (Å²) in [5, 5.41) is 14.4. The molecule has 34 heavy (non-hydrogen) atoms. The third-order valence-electron chi connectivity index (χ3n) is 6.08. The Morgan fingerprint density at radius 2 is 1.85 bits per heavy atom. The number of nitrogens with zero attached hydrogens (tertiary/aromatic N) is 6. The van der Waals surface area contributed by atoms with Crippen molar-refractivity contribution in [3.63, 3.8) is 0 Å². The molecule has 0 atom stereocenters. The molecule has 2 aromatic carbocycles. The zero-order chi connectivity index (χ0) is 23.3. The lowest BCUT2D eigenvalue weighted by atomic mass is 9.97. The molecule has 1 aliphatic rings. The molecule has 4 aromatic rings. The minimum absolute atomic E-state index is 0.193. The van der Waals surface area contributed by atoms with E-state index in [1.165, 1.54) is 5.56 Å². The van der Waals surface area contributed by atoms with Crippen LogP contribution in [0.15, 0.2) is 60.2 Å². The third kappa shape index (κ3) is 5.37. The van der Waals surface area contributed by atoms with Crippen LogP contribution in [0.3, 0.4) is 0 Å². The van der Waals surface area contributed by atoms with Gasteiger partial charge in [-0.15, -0.1) is 16.4 Å². The van der Waals surface area contributed by atoms with Crippen LogP contribution in [0.2, 0.25) is 0 Å². The monoisotopic (exact) mass is 474 g/mol. The highest BCUT2D eigenvalue weighted by atomic mass is 32.1. The summed E-state index contributed by atoms with van der Waals surface area (Å²) < 4.78 is 7.51. The number of hydrogen-bond donors (Lipinski definition) is 0. The fourth-order valence-electron chi connectivity index (χ4n) is 4.08. The summed E-state index contributed by atoms with van der Waals surface area (Å²) >= 11 is 1.70. The lowest BCUT2D eigenvalue weighted by Gasteiger charge is -2.30. The fraction of sp³-hybridized carbons (Fsp3) is 0.320. The van der Waals surface area contributed by atoms with Gasteiger partial charge in [0.15, 0.2) is 5.78 Å². The number of Topliss-reactive ketones (excluding diaryl/α,β-unsaturated/α-hetero) is 1. The number of ketones is 1. The van der Waals surface area contributed by atoms with Crippen LogP contribution in [-0.4, -0.2) is 55.5 Å². The van der Waals surface area contributed by atoms with E-state index in [1.807, 2.05) is 55.5 Å². The molecule has 8 nitrogen and oxygen atoms in total. The Balaban J connectivity index is 1.09. The molecule has 1 saturated heterocycles. The van der Waals surface area contributed by atoms with Crippen molar-refractivity contribution in [2.75, 3.05) is 19.6 Å². The maximum absolute atomic E-state index is 12.6. The first-order chi connectivity index (χ1) is 16.6. The van der Waals surface area contributed by atoms with Gasteiger partial charge in [-0.25, -0.2) is 9.67 Å². The van der Waals surface area contributed by atoms with Gasteiger partial charge in [-0.1, -0.05) is 29.8 Å². The Hall–Kier alpha value is -3.43. The first-order valence-corrected chi connectivity index (χ1v) is 12.2. The average molecular weight is 475 g/mol. The van der Waals surface area contributed by atoms with Crippen LogP contribution in [-0.2, 0) is 6.61 Å². The highest BCUT2D eigenvalue weighted by Gasteiger charge is 2.24. The van der Waals surface area contributed by atoms with Crippen LogP contribution < -0.4 is 4.74 Å². The second kappa shape index (κ2) is 10.2. The molecule has 1 aliphatic heterocycles. The summed E-state index contributed by atoms with van der Waals surface area (Å²) in [6.45, 7) is 4.79. The van der Waals surface area contributed by atoms with E-state index in [9.17, 15) is 4.79 Å². The maximum atomic E-state index is 12.6. The Kier molecular flexibility index (Phi) is 6.73. The quantitative estimate of drug-likeness (QED) is 0.356. The smallest absolute Gasteiger partial charge is 0.176 e. The standard InChI is InChI=1S/C25H26N6O2S/c1-18-2-4-19(5-3-18)24(32)14-30-12-10-20(11-13-30)25-27-21(16-34-25)15-33-23-8-6-22(7-9-23)31-17-26-28-29-31/h2-9,16-17,20H,10-15H2,1H3. The summed E-state index contributed by atoms with van der Waals surface area (Å²) in [6.07, 6.45) is 3.60. The van der Waals surface area contributed by atoms with Crippen LogP contribution in [0.5, 0.6) is 5.75 Å². The maximum Gasteiger partial charge on any atom is 0.176 e. The number of ether oxygens (including phenoxy) is 1. The van der Waals surface area contributed by atoms with Gasteiger partial charge >= 0.3 is 0 Å². The van der Waals surface area contributed by atoms with Crippen molar-refractivity contribution in [1.82, 2.24) is 30.1 Å². The van der Waals surface area contributed by atoms with E-state index >= 15 is 0 Å². The van der Waals surface area contributed by atoms with Gasteiger partial charge in [0.05, 0.1) is 22.9 Å². The van der Waals surface area contributed by atoms with Crippen molar-refractivity contribution < 1.29 is 9.53 Å². The molecule has 0 amide bonds. The van der Waals surface area contributed by atoms with Crippen molar-refractivity contribution >= 4 is 17.1 Å². The predicted molar refractivity (Wildman–Crippen MR) is 130 cm³/mol. The Morgan fingerprint density at radius 1 is 1.09 bits per heavy atom. The second-order valence-electron chi connectivity index (χ2n) is 8.55. The number of thiazole rings is 1. The first-order valence-electron chi connectivity index (χ1n) is 11.4. The number of carbonyl (C=O) groups excluding carboxylic acids is 1. The van der Waals surface area contributed by atoms with Crippen LogP contribution in [0.1, 0.15) is 45.4 Å². The third-order valence-corrected chi connectivity index (χ3v) is 7.14. The average Bonchev–Trinajstić information content (AvgIpc) is 3.57. The zero-order valence-electron chi connectivity index (χ0n) is 19.0. The van der Waals surface area contributed by atoms with Gasteiger partial charge < -0.3 is 4.74 Å². The van der Waals surface area contributed by atoms with Crippen LogP contribution in [0.25, 0.3) is 5.69 Å². The van der Waals surface area contributed by atoms with Crippen LogP contribution in [0.4, 0.5) is 0 Å². The minimum atomic E-state index is 0.193. The number of hydrogen-bond acceptors (Lipinski definition) is 8. The van der Waals surface area contributed by atoms with Gasteiger partial charge in [-0.3, -0.25) is 9.69 Å². The minimum Gasteiger partial charge on any atom is -0.487 e. The number of carbonyl (C=O) groups is 1. The molecule has 0 radical (unpaired) electrons. The molecule has 0 unspecified atom stereocenters. The Bertz CT molecular complexity index is 1210. The molecule has 0 N–H and O–H groups in total. The van der Waals surface area contributed by atoms with Gasteiger partial charge in [0.2, 0.25) is 0 Å². The van der Waals surface area contributed by atoms with Gasteiger partial charge in [0, 0.05) is 16.9 Å². The van der Waals surface area contributed by atoms with Gasteiger partial charge in [0.1, 0.15) is 18.7 Å². The van der Waals surface area contributed by atoms with Crippen LogP contribution >= 0.6 is 11.3 Å². The van der Waals surface area contributed by atoms with Crippen molar-refractivity contribution in [3.05, 3.63) is 82.1 Å². The van der Waals surface area contributed by atoms with E-state index in [-0.39, 0.29) is 5.78 Å². The largest absolute Gasteiger partial charge is 0.487 e. The lowest BCUT2D eigenvalue weighted by molar-refractivity contribution is 0.0909. The number of benzene rings is 2. The number of piperidine rings is 1. The molecular formula is C25H26N6O2S. The molecule has 3 heterocycles. The molecular weight excluding hydrogens is 448 g/mol. The predicted octanol–water partition coefficient (Wildman–Crippen LogP) is 4.07. The van der Waals surface area contributed by atoms with E-state index < -0.39 is 0 Å². The molecule has 0 aliphatic carbocycles. The number of aryl methyl sites for hydroxylation is 1. The summed E-state index contributed by atoms with van der Waals surface area (Å²) in [7, 11) is 0. The van der Waals surface area contributed by atoms with Crippen molar-refractivity contribution in [2.45, 2.75) is 32.3 Å². The highest BCUT2D eigenvalue weighted by Crippen LogP contribution is 2.30. The number of rotatable bonds is 8. The van der Waals surface area contributed by atoms with E-state index in [0.29, 0.717) is 19.1 Å². The summed E-state index contributed by atoms with van der Waals surface area (Å²) in [5.74, 6) is 1.41. The molecule has 5 rings (SSSR count). The van der Waals surface area contributed by atoms with Crippen molar-refractivity contribution in [2.24, 2.45) is 0 Å². The Labute approximate surface area is 202 Å². The SMILES string of the molecule is Cc1ccc(C(=O)CN2CCC(c3nc(COc4ccc(-n5cnnn5)cc4)cs3)CC2)cc1. The summed E-state index contributed by atoms with van der Waals surface area (Å²) in [4.78, 5) is 19.7. The molecule has 174 valence electrons. The van der Waals surface area contributed by atoms with Gasteiger partial charge in [0.25, 0.3) is 0 Å². The van der Waals surface area contributed by atoms with E-state index in [2.05, 4.69) is 25.8 Å². The van der Waals surface area contributed by atoms with Crippen molar-refractivity contribution in [1.29, 1.82) is 0 Å². The normalized spacial score (nSPS) is 14.9. The Morgan fingerprint density at radius 3 is 2.56 bits per heavy atom. The van der Waals surface area contributed by atoms with E-state index in [1.54, 1.807) is 22.3 Å². The fourth-order valence-corrected chi connectivity index (χ4v) is 5.06. The molecule has 0 bridgehead atoms. The van der Waals surface area contributed by atoms with Gasteiger partial charge in [-0.2, -0.15) is 0 Å². The second-order valence-corrected chi connectivity index (χ2v) is 9.44. The van der Waals surface area contributed by atoms with E-state index in [0.717, 1.165) is 53.6 Å². The number of aromatic nitrogens is 5. The number of tetrazole rings is 1. The molecule has 0 spiro atoms. The summed E-state index contributed by atoms with van der Waals surface area (Å²) in [6, 6.07) is 15.5. The molecule has 2 aromatic heterocycles.